The number of methoxy groups -OCH3 is 1. The van der Waals surface area contributed by atoms with Gasteiger partial charge in [-0.25, -0.2) is 4.98 Å². The largest absolute Gasteiger partial charge is 0.469 e. The SMILES string of the molecule is COC(=O)C[C@H]1O[C@@H](c2cccc(Cl)c2)[C@H](c2nc3ccccc3s2)N(CC2CC2)C1=O. The van der Waals surface area contributed by atoms with Gasteiger partial charge in [-0.15, -0.1) is 11.3 Å². The number of morpholine rings is 1. The lowest BCUT2D eigenvalue weighted by Gasteiger charge is -2.43. The lowest BCUT2D eigenvalue weighted by atomic mass is 9.96. The molecule has 2 fully saturated rings. The number of thiazole rings is 1. The third-order valence-electron chi connectivity index (χ3n) is 5.96. The molecule has 6 nitrogen and oxygen atoms in total. The second-order valence-electron chi connectivity index (χ2n) is 8.28. The number of aromatic nitrogens is 1. The fourth-order valence-electron chi connectivity index (χ4n) is 4.17. The molecule has 1 amide bonds. The van der Waals surface area contributed by atoms with Crippen LogP contribution in [0.15, 0.2) is 48.5 Å². The Bertz CT molecular complexity index is 1130. The van der Waals surface area contributed by atoms with Gasteiger partial charge in [0.05, 0.1) is 23.7 Å². The molecule has 0 bridgehead atoms. The van der Waals surface area contributed by atoms with Crippen LogP contribution in [0.1, 0.15) is 42.0 Å². The van der Waals surface area contributed by atoms with Crippen LogP contribution in [0.25, 0.3) is 10.2 Å². The van der Waals surface area contributed by atoms with Crippen molar-refractivity contribution in [2.75, 3.05) is 13.7 Å². The van der Waals surface area contributed by atoms with E-state index >= 15 is 0 Å². The number of benzene rings is 2. The molecule has 166 valence electrons. The van der Waals surface area contributed by atoms with Gasteiger partial charge in [0.2, 0.25) is 0 Å². The van der Waals surface area contributed by atoms with Crippen molar-refractivity contribution in [2.45, 2.75) is 37.5 Å². The molecule has 2 heterocycles. The first kappa shape index (κ1) is 21.4. The molecule has 1 aliphatic heterocycles. The van der Waals surface area contributed by atoms with Crippen molar-refractivity contribution in [1.82, 2.24) is 9.88 Å². The standard InChI is InChI=1S/C24H23ClN2O4S/c1-30-20(28)12-18-24(29)27(13-14-9-10-14)21(22(31-18)15-5-4-6-16(25)11-15)23-26-17-7-2-3-8-19(17)32-23/h2-8,11,14,18,21-22H,9-10,12-13H2,1H3/t18-,21-,22+/m1/s1. The average Bonchev–Trinajstić information content (AvgIpc) is 3.51. The van der Waals surface area contributed by atoms with E-state index in [0.717, 1.165) is 33.6 Å². The zero-order chi connectivity index (χ0) is 22.2. The van der Waals surface area contributed by atoms with Crippen molar-refractivity contribution in [2.24, 2.45) is 5.92 Å². The van der Waals surface area contributed by atoms with E-state index in [1.807, 2.05) is 47.4 Å². The molecule has 3 aromatic rings. The second-order valence-corrected chi connectivity index (χ2v) is 9.78. The van der Waals surface area contributed by atoms with Gasteiger partial charge in [0.1, 0.15) is 23.3 Å². The van der Waals surface area contributed by atoms with E-state index in [0.29, 0.717) is 17.5 Å². The highest BCUT2D eigenvalue weighted by atomic mass is 35.5. The summed E-state index contributed by atoms with van der Waals surface area (Å²) in [6, 6.07) is 15.0. The topological polar surface area (TPSA) is 68.7 Å². The van der Waals surface area contributed by atoms with Crippen LogP contribution < -0.4 is 0 Å². The molecule has 0 unspecified atom stereocenters. The summed E-state index contributed by atoms with van der Waals surface area (Å²) in [4.78, 5) is 32.3. The highest BCUT2D eigenvalue weighted by Crippen LogP contribution is 2.46. The van der Waals surface area contributed by atoms with E-state index in [-0.39, 0.29) is 12.3 Å². The predicted octanol–water partition coefficient (Wildman–Crippen LogP) is 4.93. The number of hydrogen-bond acceptors (Lipinski definition) is 6. The van der Waals surface area contributed by atoms with Crippen LogP contribution in [-0.4, -0.2) is 41.5 Å². The zero-order valence-electron chi connectivity index (χ0n) is 17.6. The van der Waals surface area contributed by atoms with E-state index in [2.05, 4.69) is 0 Å². The third-order valence-corrected chi connectivity index (χ3v) is 7.31. The summed E-state index contributed by atoms with van der Waals surface area (Å²) >= 11 is 7.87. The molecular formula is C24H23ClN2O4S. The Morgan fingerprint density at radius 2 is 2.06 bits per heavy atom. The molecule has 0 spiro atoms. The molecule has 1 saturated heterocycles. The van der Waals surface area contributed by atoms with Crippen LogP contribution >= 0.6 is 22.9 Å². The maximum atomic E-state index is 13.5. The number of esters is 1. The highest BCUT2D eigenvalue weighted by Gasteiger charge is 2.47. The number of rotatable bonds is 6. The molecule has 0 radical (unpaired) electrons. The highest BCUT2D eigenvalue weighted by molar-refractivity contribution is 7.18. The summed E-state index contributed by atoms with van der Waals surface area (Å²) < 4.78 is 12.2. The number of fused-ring (bicyclic) bond motifs is 1. The molecule has 5 rings (SSSR count). The minimum Gasteiger partial charge on any atom is -0.469 e. The van der Waals surface area contributed by atoms with Crippen molar-refractivity contribution in [3.63, 3.8) is 0 Å². The summed E-state index contributed by atoms with van der Waals surface area (Å²) in [6.45, 7) is 0.623. The van der Waals surface area contributed by atoms with Gasteiger partial charge >= 0.3 is 5.97 Å². The smallest absolute Gasteiger partial charge is 0.308 e. The normalized spacial score (nSPS) is 23.5. The molecule has 1 aliphatic carbocycles. The van der Waals surface area contributed by atoms with Crippen molar-refractivity contribution in [3.8, 4) is 0 Å². The Morgan fingerprint density at radius 1 is 1.25 bits per heavy atom. The van der Waals surface area contributed by atoms with Gasteiger partial charge in [-0.05, 0) is 48.6 Å². The number of nitrogens with zero attached hydrogens (tertiary/aromatic N) is 2. The lowest BCUT2D eigenvalue weighted by molar-refractivity contribution is -0.179. The van der Waals surface area contributed by atoms with E-state index in [9.17, 15) is 9.59 Å². The van der Waals surface area contributed by atoms with E-state index < -0.39 is 24.2 Å². The van der Waals surface area contributed by atoms with Crippen LogP contribution in [0.4, 0.5) is 0 Å². The van der Waals surface area contributed by atoms with Crippen molar-refractivity contribution >= 4 is 45.0 Å². The summed E-state index contributed by atoms with van der Waals surface area (Å²) in [7, 11) is 1.32. The molecule has 1 saturated carbocycles. The third kappa shape index (κ3) is 4.25. The fraction of sp³-hybridized carbons (Fsp3) is 0.375. The Hall–Kier alpha value is -2.48. The maximum absolute atomic E-state index is 13.5. The van der Waals surface area contributed by atoms with Gasteiger partial charge in [0.15, 0.2) is 0 Å². The van der Waals surface area contributed by atoms with Crippen molar-refractivity contribution in [1.29, 1.82) is 0 Å². The van der Waals surface area contributed by atoms with E-state index in [1.165, 1.54) is 7.11 Å². The minimum atomic E-state index is -0.907. The number of ether oxygens (including phenoxy) is 2. The minimum absolute atomic E-state index is 0.125. The molecular weight excluding hydrogens is 448 g/mol. The van der Waals surface area contributed by atoms with Gasteiger partial charge < -0.3 is 14.4 Å². The molecule has 3 atom stereocenters. The Morgan fingerprint density at radius 3 is 2.78 bits per heavy atom. The fourth-order valence-corrected chi connectivity index (χ4v) is 5.48. The number of carbonyl (C=O) groups is 2. The van der Waals surface area contributed by atoms with Gasteiger partial charge in [0.25, 0.3) is 5.91 Å². The van der Waals surface area contributed by atoms with Crippen LogP contribution in [0.5, 0.6) is 0 Å². The first-order valence-corrected chi connectivity index (χ1v) is 11.9. The monoisotopic (exact) mass is 470 g/mol. The number of amides is 1. The van der Waals surface area contributed by atoms with Crippen LogP contribution in [0, 0.1) is 5.92 Å². The van der Waals surface area contributed by atoms with Gasteiger partial charge in [-0.2, -0.15) is 0 Å². The number of carbonyl (C=O) groups excluding carboxylic acids is 2. The van der Waals surface area contributed by atoms with Gasteiger partial charge in [-0.3, -0.25) is 9.59 Å². The van der Waals surface area contributed by atoms with Crippen molar-refractivity contribution in [3.05, 3.63) is 64.1 Å². The number of para-hydroxylation sites is 1. The molecule has 0 N–H and O–H groups in total. The van der Waals surface area contributed by atoms with Gasteiger partial charge in [-0.1, -0.05) is 35.9 Å². The average molecular weight is 471 g/mol. The predicted molar refractivity (Wildman–Crippen MR) is 122 cm³/mol. The van der Waals surface area contributed by atoms with Crippen LogP contribution in [0.3, 0.4) is 0 Å². The Kier molecular flexibility index (Phi) is 5.88. The number of hydrogen-bond donors (Lipinski definition) is 0. The quantitative estimate of drug-likeness (QED) is 0.477. The maximum Gasteiger partial charge on any atom is 0.308 e. The molecule has 1 aromatic heterocycles. The van der Waals surface area contributed by atoms with E-state index in [1.54, 1.807) is 17.4 Å². The first-order valence-electron chi connectivity index (χ1n) is 10.7. The van der Waals surface area contributed by atoms with Gasteiger partial charge in [0, 0.05) is 11.6 Å². The lowest BCUT2D eigenvalue weighted by Crippen LogP contribution is -2.52. The van der Waals surface area contributed by atoms with Crippen LogP contribution in [0.2, 0.25) is 5.02 Å². The Labute approximate surface area is 195 Å². The Balaban J connectivity index is 1.61. The molecule has 2 aromatic carbocycles. The van der Waals surface area contributed by atoms with E-state index in [4.69, 9.17) is 26.1 Å². The second kappa shape index (κ2) is 8.81. The summed E-state index contributed by atoms with van der Waals surface area (Å²) in [5.41, 5.74) is 1.75. The first-order chi connectivity index (χ1) is 15.5. The van der Waals surface area contributed by atoms with Crippen LogP contribution in [-0.2, 0) is 19.1 Å². The molecule has 2 aliphatic rings. The number of halogens is 1. The summed E-state index contributed by atoms with van der Waals surface area (Å²) in [5, 5.41) is 1.41. The summed E-state index contributed by atoms with van der Waals surface area (Å²) in [5.74, 6) is -0.199. The molecule has 32 heavy (non-hydrogen) atoms. The summed E-state index contributed by atoms with van der Waals surface area (Å²) in [6.07, 6.45) is 0.665. The molecule has 8 heteroatoms. The zero-order valence-corrected chi connectivity index (χ0v) is 19.1. The van der Waals surface area contributed by atoms with Crippen molar-refractivity contribution < 1.29 is 19.1 Å².